The Morgan fingerprint density at radius 1 is 1.21 bits per heavy atom. The van der Waals surface area contributed by atoms with Crippen LogP contribution in [0.3, 0.4) is 0 Å². The highest BCUT2D eigenvalue weighted by Crippen LogP contribution is 2.28. The minimum atomic E-state index is 0.669. The molecule has 24 heavy (non-hydrogen) atoms. The van der Waals surface area contributed by atoms with Gasteiger partial charge >= 0.3 is 0 Å². The second-order valence-electron chi connectivity index (χ2n) is 6.83. The molecule has 3 rings (SSSR count). The Hall–Kier alpha value is -1.87. The second-order valence-corrected chi connectivity index (χ2v) is 6.83. The monoisotopic (exact) mass is 323 g/mol. The number of unbranched alkanes of at least 4 members (excludes halogenated alkanes) is 1. The Bertz CT molecular complexity index is 639. The van der Waals surface area contributed by atoms with Crippen LogP contribution in [-0.2, 0) is 19.3 Å². The first-order valence-corrected chi connectivity index (χ1v) is 9.27. The van der Waals surface area contributed by atoms with Crippen molar-refractivity contribution in [2.75, 3.05) is 18.8 Å². The van der Waals surface area contributed by atoms with Gasteiger partial charge < -0.3 is 10.6 Å². The predicted octanol–water partition coefficient (Wildman–Crippen LogP) is 3.87. The zero-order chi connectivity index (χ0) is 16.8. The van der Waals surface area contributed by atoms with Gasteiger partial charge in [-0.05, 0) is 80.4 Å². The number of anilines is 1. The summed E-state index contributed by atoms with van der Waals surface area (Å²) in [6, 6.07) is 11.3. The molecular formula is C21H29N3. The van der Waals surface area contributed by atoms with Crippen molar-refractivity contribution in [2.24, 2.45) is 0 Å². The summed E-state index contributed by atoms with van der Waals surface area (Å²) in [4.78, 5) is 6.86. The number of benzene rings is 1. The lowest BCUT2D eigenvalue weighted by Gasteiger charge is -2.35. The van der Waals surface area contributed by atoms with E-state index in [9.17, 15) is 0 Å². The smallest absolute Gasteiger partial charge is 0.0349 e. The molecular weight excluding hydrogens is 294 g/mol. The van der Waals surface area contributed by atoms with Gasteiger partial charge in [0.1, 0.15) is 0 Å². The maximum Gasteiger partial charge on any atom is 0.0349 e. The van der Waals surface area contributed by atoms with Crippen LogP contribution in [0.4, 0.5) is 5.69 Å². The normalized spacial score (nSPS) is 17.0. The SMILES string of the molecule is CCN(CCCCc1cccnc1)C1CCc2c(N)cccc2C1. The van der Waals surface area contributed by atoms with Crippen LogP contribution in [0.25, 0.3) is 0 Å². The number of pyridine rings is 1. The number of hydrogen-bond donors (Lipinski definition) is 1. The number of nitrogens with two attached hydrogens (primary N) is 1. The zero-order valence-electron chi connectivity index (χ0n) is 14.7. The lowest BCUT2D eigenvalue weighted by Crippen LogP contribution is -2.40. The number of nitrogens with zero attached hydrogens (tertiary/aromatic N) is 2. The van der Waals surface area contributed by atoms with E-state index in [4.69, 9.17) is 5.73 Å². The Balaban J connectivity index is 1.50. The highest BCUT2D eigenvalue weighted by Gasteiger charge is 2.24. The summed E-state index contributed by atoms with van der Waals surface area (Å²) in [7, 11) is 0. The molecule has 128 valence electrons. The highest BCUT2D eigenvalue weighted by molar-refractivity contribution is 5.52. The summed E-state index contributed by atoms with van der Waals surface area (Å²) in [5.41, 5.74) is 11.3. The van der Waals surface area contributed by atoms with Crippen molar-refractivity contribution >= 4 is 5.69 Å². The Morgan fingerprint density at radius 2 is 2.12 bits per heavy atom. The molecule has 1 aromatic heterocycles. The molecule has 3 nitrogen and oxygen atoms in total. The molecule has 0 radical (unpaired) electrons. The Morgan fingerprint density at radius 3 is 2.92 bits per heavy atom. The molecule has 0 saturated carbocycles. The van der Waals surface area contributed by atoms with Crippen LogP contribution in [0, 0.1) is 0 Å². The number of nitrogen functional groups attached to an aromatic ring is 1. The summed E-state index contributed by atoms with van der Waals surface area (Å²) < 4.78 is 0. The summed E-state index contributed by atoms with van der Waals surface area (Å²) in [5.74, 6) is 0. The molecule has 0 bridgehead atoms. The van der Waals surface area contributed by atoms with E-state index in [2.05, 4.69) is 35.0 Å². The highest BCUT2D eigenvalue weighted by atomic mass is 15.1. The fourth-order valence-electron chi connectivity index (χ4n) is 3.92. The van der Waals surface area contributed by atoms with E-state index in [1.807, 2.05) is 24.5 Å². The van der Waals surface area contributed by atoms with Crippen molar-refractivity contribution in [2.45, 2.75) is 51.5 Å². The van der Waals surface area contributed by atoms with Crippen LogP contribution in [0.15, 0.2) is 42.7 Å². The molecule has 0 amide bonds. The van der Waals surface area contributed by atoms with Gasteiger partial charge in [-0.3, -0.25) is 4.98 Å². The molecule has 0 spiro atoms. The third-order valence-electron chi connectivity index (χ3n) is 5.30. The molecule has 0 fully saturated rings. The number of aryl methyl sites for hydroxylation is 1. The van der Waals surface area contributed by atoms with E-state index in [0.717, 1.165) is 31.5 Å². The van der Waals surface area contributed by atoms with Gasteiger partial charge in [-0.25, -0.2) is 0 Å². The lowest BCUT2D eigenvalue weighted by molar-refractivity contribution is 0.185. The van der Waals surface area contributed by atoms with Crippen LogP contribution in [0.1, 0.15) is 42.9 Å². The number of fused-ring (bicyclic) bond motifs is 1. The first-order chi connectivity index (χ1) is 11.8. The van der Waals surface area contributed by atoms with Crippen molar-refractivity contribution < 1.29 is 0 Å². The molecule has 1 heterocycles. The molecule has 3 heteroatoms. The molecule has 2 aromatic rings. The van der Waals surface area contributed by atoms with Gasteiger partial charge in [-0.15, -0.1) is 0 Å². The van der Waals surface area contributed by atoms with E-state index in [-0.39, 0.29) is 0 Å². The number of hydrogen-bond acceptors (Lipinski definition) is 3. The largest absolute Gasteiger partial charge is 0.398 e. The van der Waals surface area contributed by atoms with Crippen molar-refractivity contribution in [1.29, 1.82) is 0 Å². The van der Waals surface area contributed by atoms with Crippen LogP contribution < -0.4 is 5.73 Å². The summed E-state index contributed by atoms with van der Waals surface area (Å²) in [6.07, 6.45) is 11.0. The fraction of sp³-hybridized carbons (Fsp3) is 0.476. The van der Waals surface area contributed by atoms with Crippen LogP contribution >= 0.6 is 0 Å². The summed E-state index contributed by atoms with van der Waals surface area (Å²) in [5, 5.41) is 0. The molecule has 1 unspecified atom stereocenters. The number of aromatic nitrogens is 1. The molecule has 1 aliphatic carbocycles. The first-order valence-electron chi connectivity index (χ1n) is 9.27. The standard InChI is InChI=1S/C21H29N3/c1-2-24(14-4-3-7-17-8-6-13-23-16-17)19-11-12-20-18(15-19)9-5-10-21(20)22/h5-6,8-10,13,16,19H,2-4,7,11-12,14-15,22H2,1H3. The maximum absolute atomic E-state index is 6.13. The second kappa shape index (κ2) is 8.29. The van der Waals surface area contributed by atoms with Crippen molar-refractivity contribution in [3.63, 3.8) is 0 Å². The van der Waals surface area contributed by atoms with Gasteiger partial charge in [0.05, 0.1) is 0 Å². The minimum absolute atomic E-state index is 0.669. The van der Waals surface area contributed by atoms with Gasteiger partial charge in [0.2, 0.25) is 0 Å². The molecule has 1 aliphatic rings. The van der Waals surface area contributed by atoms with E-state index in [1.54, 1.807) is 0 Å². The van der Waals surface area contributed by atoms with Crippen molar-refractivity contribution in [3.8, 4) is 0 Å². The van der Waals surface area contributed by atoms with Gasteiger partial charge in [0, 0.05) is 24.1 Å². The molecule has 1 atom stereocenters. The van der Waals surface area contributed by atoms with Gasteiger partial charge in [0.15, 0.2) is 0 Å². The molecule has 0 aliphatic heterocycles. The summed E-state index contributed by atoms with van der Waals surface area (Å²) in [6.45, 7) is 4.62. The predicted molar refractivity (Wildman–Crippen MR) is 101 cm³/mol. The number of rotatable bonds is 7. The third kappa shape index (κ3) is 4.15. The fourth-order valence-corrected chi connectivity index (χ4v) is 3.92. The van der Waals surface area contributed by atoms with E-state index >= 15 is 0 Å². The van der Waals surface area contributed by atoms with Crippen LogP contribution in [0.5, 0.6) is 0 Å². The van der Waals surface area contributed by atoms with Crippen molar-refractivity contribution in [1.82, 2.24) is 9.88 Å². The lowest BCUT2D eigenvalue weighted by atomic mass is 9.86. The van der Waals surface area contributed by atoms with E-state index in [0.29, 0.717) is 6.04 Å². The van der Waals surface area contributed by atoms with Crippen LogP contribution in [0.2, 0.25) is 0 Å². The topological polar surface area (TPSA) is 42.2 Å². The average molecular weight is 323 g/mol. The molecule has 0 saturated heterocycles. The number of likely N-dealkylation sites (N-methyl/N-ethyl adjacent to an activating group) is 1. The maximum atomic E-state index is 6.13. The Kier molecular flexibility index (Phi) is 5.86. The summed E-state index contributed by atoms with van der Waals surface area (Å²) >= 11 is 0. The average Bonchev–Trinajstić information content (AvgIpc) is 2.63. The minimum Gasteiger partial charge on any atom is -0.398 e. The molecule has 1 aromatic carbocycles. The van der Waals surface area contributed by atoms with Gasteiger partial charge in [-0.2, -0.15) is 0 Å². The van der Waals surface area contributed by atoms with Gasteiger partial charge in [-0.1, -0.05) is 25.1 Å². The van der Waals surface area contributed by atoms with E-state index in [1.165, 1.54) is 42.5 Å². The Labute approximate surface area is 145 Å². The quantitative estimate of drug-likeness (QED) is 0.621. The van der Waals surface area contributed by atoms with E-state index < -0.39 is 0 Å². The van der Waals surface area contributed by atoms with Crippen LogP contribution in [-0.4, -0.2) is 29.0 Å². The zero-order valence-corrected chi connectivity index (χ0v) is 14.7. The third-order valence-corrected chi connectivity index (χ3v) is 5.30. The molecule has 2 N–H and O–H groups in total. The van der Waals surface area contributed by atoms with Gasteiger partial charge in [0.25, 0.3) is 0 Å². The first kappa shape index (κ1) is 17.0. The van der Waals surface area contributed by atoms with Crippen molar-refractivity contribution in [3.05, 3.63) is 59.4 Å².